The van der Waals surface area contributed by atoms with Crippen LogP contribution in [-0.2, 0) is 4.79 Å². The lowest BCUT2D eigenvalue weighted by Gasteiger charge is -2.40. The Bertz CT molecular complexity index is 1520. The minimum Gasteiger partial charge on any atom is -0.486 e. The molecule has 0 spiro atoms. The number of ether oxygens (including phenoxy) is 1. The third-order valence-electron chi connectivity index (χ3n) is 6.72. The average molecular weight is 544 g/mol. The molecular formula is C27H23F3N2O7. The summed E-state index contributed by atoms with van der Waals surface area (Å²) in [6.07, 6.45) is -6.73. The second-order valence-electron chi connectivity index (χ2n) is 9.21. The molecule has 1 aliphatic carbocycles. The van der Waals surface area contributed by atoms with Gasteiger partial charge in [-0.1, -0.05) is 36.4 Å². The smallest absolute Gasteiger partial charge is 0.406 e. The molecule has 5 rings (SSSR count). The van der Waals surface area contributed by atoms with E-state index in [0.717, 1.165) is 12.1 Å². The Morgan fingerprint density at radius 2 is 1.79 bits per heavy atom. The molecule has 3 aromatic rings. The van der Waals surface area contributed by atoms with Gasteiger partial charge in [0.05, 0.1) is 18.6 Å². The highest BCUT2D eigenvalue weighted by molar-refractivity contribution is 5.98. The molecule has 2 amide bonds. The number of nitrogens with one attached hydrogen (secondary N) is 1. The lowest BCUT2D eigenvalue weighted by atomic mass is 9.77. The van der Waals surface area contributed by atoms with Crippen LogP contribution in [0.4, 0.5) is 13.2 Å². The summed E-state index contributed by atoms with van der Waals surface area (Å²) in [5.74, 6) is -2.56. The van der Waals surface area contributed by atoms with Crippen molar-refractivity contribution in [3.63, 3.8) is 0 Å². The van der Waals surface area contributed by atoms with Crippen molar-refractivity contribution < 1.29 is 42.1 Å². The molecule has 12 heteroatoms. The van der Waals surface area contributed by atoms with Crippen LogP contribution in [0.15, 0.2) is 75.5 Å². The third kappa shape index (κ3) is 5.00. The van der Waals surface area contributed by atoms with E-state index in [2.05, 4.69) is 5.32 Å². The fourth-order valence-electron chi connectivity index (χ4n) is 5.06. The normalized spacial score (nSPS) is 21.9. The summed E-state index contributed by atoms with van der Waals surface area (Å²) in [5, 5.41) is 23.2. The van der Waals surface area contributed by atoms with Crippen LogP contribution >= 0.6 is 0 Å². The van der Waals surface area contributed by atoms with Gasteiger partial charge in [0.25, 0.3) is 5.91 Å². The van der Waals surface area contributed by atoms with Gasteiger partial charge in [-0.25, -0.2) is 4.79 Å². The minimum absolute atomic E-state index is 0.0424. The first-order valence-electron chi connectivity index (χ1n) is 12.0. The number of halogens is 3. The first-order valence-corrected chi connectivity index (χ1v) is 12.0. The highest BCUT2D eigenvalue weighted by atomic mass is 19.4. The number of para-hydroxylation sites is 2. The van der Waals surface area contributed by atoms with Crippen molar-refractivity contribution in [2.24, 2.45) is 0 Å². The number of nitrogens with zero attached hydrogens (tertiary/aromatic N) is 1. The fraction of sp³-hybridized carbons (Fsp3) is 0.296. The maximum Gasteiger partial charge on any atom is 0.406 e. The van der Waals surface area contributed by atoms with Gasteiger partial charge in [-0.15, -0.1) is 0 Å². The molecule has 39 heavy (non-hydrogen) atoms. The van der Waals surface area contributed by atoms with Gasteiger partial charge in [-0.2, -0.15) is 13.2 Å². The maximum atomic E-state index is 13.8. The Hall–Kier alpha value is -4.16. The molecule has 0 bridgehead atoms. The van der Waals surface area contributed by atoms with Gasteiger partial charge >= 0.3 is 11.8 Å². The lowest BCUT2D eigenvalue weighted by molar-refractivity contribution is -0.149. The quantitative estimate of drug-likeness (QED) is 0.406. The predicted molar refractivity (Wildman–Crippen MR) is 131 cm³/mol. The maximum absolute atomic E-state index is 13.8. The second kappa shape index (κ2) is 10.2. The van der Waals surface area contributed by atoms with Crippen molar-refractivity contribution in [2.45, 2.75) is 30.3 Å². The Kier molecular flexibility index (Phi) is 6.91. The first-order chi connectivity index (χ1) is 18.6. The molecule has 1 aliphatic heterocycles. The summed E-state index contributed by atoms with van der Waals surface area (Å²) in [6, 6.07) is 12.2. The molecule has 0 unspecified atom stereocenters. The van der Waals surface area contributed by atoms with Crippen molar-refractivity contribution in [2.75, 3.05) is 19.7 Å². The number of fused-ring (bicyclic) bond motifs is 4. The number of carbonyl (C=O) groups is 2. The zero-order chi connectivity index (χ0) is 27.9. The van der Waals surface area contributed by atoms with Crippen LogP contribution in [-0.4, -0.2) is 71.0 Å². The van der Waals surface area contributed by atoms with Crippen LogP contribution in [0, 0.1) is 0 Å². The molecule has 0 radical (unpaired) electrons. The van der Waals surface area contributed by atoms with E-state index < -0.39 is 59.9 Å². The van der Waals surface area contributed by atoms with E-state index in [1.807, 2.05) is 0 Å². The van der Waals surface area contributed by atoms with E-state index in [-0.39, 0.29) is 24.3 Å². The van der Waals surface area contributed by atoms with E-state index in [1.54, 1.807) is 36.4 Å². The third-order valence-corrected chi connectivity index (χ3v) is 6.72. The number of alkyl halides is 3. The second-order valence-corrected chi connectivity index (χ2v) is 9.21. The number of aliphatic hydroxyl groups excluding tert-OH is 2. The van der Waals surface area contributed by atoms with Crippen molar-refractivity contribution in [3.8, 4) is 5.75 Å². The first kappa shape index (κ1) is 26.4. The lowest BCUT2D eigenvalue weighted by Crippen LogP contribution is -2.57. The minimum atomic E-state index is -4.92. The highest BCUT2D eigenvalue weighted by Crippen LogP contribution is 2.47. The molecule has 0 saturated carbocycles. The molecule has 9 nitrogen and oxygen atoms in total. The predicted octanol–water partition coefficient (Wildman–Crippen LogP) is 2.12. The number of benzene rings is 2. The molecule has 4 atom stereocenters. The summed E-state index contributed by atoms with van der Waals surface area (Å²) in [7, 11) is 0. The van der Waals surface area contributed by atoms with E-state index in [4.69, 9.17) is 14.3 Å². The van der Waals surface area contributed by atoms with Crippen molar-refractivity contribution >= 4 is 22.8 Å². The topological polar surface area (TPSA) is 129 Å². The van der Waals surface area contributed by atoms with Gasteiger partial charge in [0.2, 0.25) is 5.91 Å². The molecule has 2 heterocycles. The van der Waals surface area contributed by atoms with Gasteiger partial charge in [0, 0.05) is 23.1 Å². The van der Waals surface area contributed by atoms with Crippen LogP contribution in [0.2, 0.25) is 0 Å². The van der Waals surface area contributed by atoms with Gasteiger partial charge < -0.3 is 29.6 Å². The average Bonchev–Trinajstić information content (AvgIpc) is 3.30. The number of carbonyl (C=O) groups excluding carboxylic acids is 2. The largest absolute Gasteiger partial charge is 0.486 e. The van der Waals surface area contributed by atoms with E-state index in [1.165, 1.54) is 12.1 Å². The van der Waals surface area contributed by atoms with Gasteiger partial charge in [-0.05, 0) is 24.3 Å². The van der Waals surface area contributed by atoms with Gasteiger partial charge in [-0.3, -0.25) is 9.59 Å². The van der Waals surface area contributed by atoms with Crippen LogP contribution in [0.25, 0.3) is 11.0 Å². The number of hydrogen-bond acceptors (Lipinski definition) is 7. The summed E-state index contributed by atoms with van der Waals surface area (Å²) in [6.45, 7) is -2.35. The number of amides is 2. The van der Waals surface area contributed by atoms with E-state index in [0.29, 0.717) is 21.6 Å². The van der Waals surface area contributed by atoms with Crippen molar-refractivity contribution in [1.82, 2.24) is 10.2 Å². The summed E-state index contributed by atoms with van der Waals surface area (Å²) in [4.78, 5) is 39.6. The molecule has 2 aromatic carbocycles. The molecule has 0 saturated heterocycles. The van der Waals surface area contributed by atoms with Crippen LogP contribution in [0.1, 0.15) is 21.8 Å². The molecule has 3 N–H and O–H groups in total. The Labute approximate surface area is 219 Å². The van der Waals surface area contributed by atoms with Gasteiger partial charge in [0.15, 0.2) is 0 Å². The molecule has 204 valence electrons. The van der Waals surface area contributed by atoms with E-state index in [9.17, 15) is 32.7 Å². The fourth-order valence-corrected chi connectivity index (χ4v) is 5.06. The summed E-state index contributed by atoms with van der Waals surface area (Å²) >= 11 is 0. The van der Waals surface area contributed by atoms with Crippen LogP contribution < -0.4 is 15.7 Å². The highest BCUT2D eigenvalue weighted by Gasteiger charge is 2.52. The van der Waals surface area contributed by atoms with Gasteiger partial charge in [0.1, 0.15) is 35.6 Å². The van der Waals surface area contributed by atoms with Crippen molar-refractivity contribution in [1.29, 1.82) is 0 Å². The van der Waals surface area contributed by atoms with E-state index >= 15 is 0 Å². The van der Waals surface area contributed by atoms with Crippen LogP contribution in [0.5, 0.6) is 5.75 Å². The molecule has 2 aliphatic rings. The number of rotatable bonds is 6. The van der Waals surface area contributed by atoms with Crippen LogP contribution in [0.3, 0.4) is 0 Å². The Balaban J connectivity index is 1.62. The number of hydrogen-bond donors (Lipinski definition) is 3. The summed E-state index contributed by atoms with van der Waals surface area (Å²) < 4.78 is 52.4. The van der Waals surface area contributed by atoms with Crippen molar-refractivity contribution in [3.05, 3.63) is 87.8 Å². The SMILES string of the molecule is O=C(NCCO)C1=C[C@@H](N(CC(F)(F)F)C(=O)c2cc3ccccc3oc2=O)[C@H](O)[C@H]2Oc3ccccc3[C@@H]12. The molecule has 1 aromatic heterocycles. The molecular weight excluding hydrogens is 521 g/mol. The standard InChI is InChI=1S/C27H23F3N2O7/c28-27(29,30)13-32(25(36)17-11-14-5-1-3-7-19(14)39-26(17)37)18-12-16(24(35)31-9-10-33)21-15-6-2-4-8-20(15)38-23(21)22(18)34/h1-8,11-12,18,21-23,33-34H,9-10,13H2,(H,31,35)/t18-,21+,22+,23+/m1/s1. The Morgan fingerprint density at radius 3 is 2.54 bits per heavy atom. The zero-order valence-corrected chi connectivity index (χ0v) is 20.2. The zero-order valence-electron chi connectivity index (χ0n) is 20.2. The monoisotopic (exact) mass is 544 g/mol. The Morgan fingerprint density at radius 1 is 1.08 bits per heavy atom. The summed E-state index contributed by atoms with van der Waals surface area (Å²) in [5.41, 5.74) is -1.18. The molecule has 0 fully saturated rings. The number of aliphatic hydroxyl groups is 2.